The van der Waals surface area contributed by atoms with Gasteiger partial charge < -0.3 is 9.80 Å². The number of anilines is 1. The van der Waals surface area contributed by atoms with E-state index in [9.17, 15) is 9.18 Å². The van der Waals surface area contributed by atoms with Gasteiger partial charge in [-0.15, -0.1) is 0 Å². The normalized spacial score (nSPS) is 14.8. The van der Waals surface area contributed by atoms with Gasteiger partial charge in [0, 0.05) is 31.2 Å². The van der Waals surface area contributed by atoms with Crippen LogP contribution in [0.4, 0.5) is 10.1 Å². The Labute approximate surface area is 154 Å². The van der Waals surface area contributed by atoms with Crippen LogP contribution in [0.15, 0.2) is 36.4 Å². The molecule has 1 saturated heterocycles. The van der Waals surface area contributed by atoms with Crippen LogP contribution in [0.25, 0.3) is 0 Å². The SMILES string of the molecule is O=C(c1c(Cl)cc(Cl)cc1Cl)N1CCN(c2ccccc2F)CC1. The van der Waals surface area contributed by atoms with Crippen LogP contribution >= 0.6 is 34.8 Å². The first-order chi connectivity index (χ1) is 11.5. The molecule has 0 spiro atoms. The summed E-state index contributed by atoms with van der Waals surface area (Å²) in [5, 5.41) is 0.842. The van der Waals surface area contributed by atoms with Gasteiger partial charge in [0.25, 0.3) is 5.91 Å². The molecule has 0 aromatic heterocycles. The van der Waals surface area contributed by atoms with Crippen LogP contribution in [0.5, 0.6) is 0 Å². The Hall–Kier alpha value is -1.49. The molecule has 1 amide bonds. The van der Waals surface area contributed by atoms with E-state index in [4.69, 9.17) is 34.8 Å². The number of nitrogens with zero attached hydrogens (tertiary/aromatic N) is 2. The zero-order chi connectivity index (χ0) is 17.3. The van der Waals surface area contributed by atoms with E-state index in [1.807, 2.05) is 4.90 Å². The highest BCUT2D eigenvalue weighted by molar-refractivity contribution is 6.42. The molecule has 0 saturated carbocycles. The van der Waals surface area contributed by atoms with Gasteiger partial charge >= 0.3 is 0 Å². The lowest BCUT2D eigenvalue weighted by Crippen LogP contribution is -2.49. The Kier molecular flexibility index (Phi) is 5.18. The fourth-order valence-corrected chi connectivity index (χ4v) is 3.74. The fourth-order valence-electron chi connectivity index (χ4n) is 2.76. The Morgan fingerprint density at radius 3 is 2.12 bits per heavy atom. The molecule has 0 unspecified atom stereocenters. The molecule has 0 N–H and O–H groups in total. The summed E-state index contributed by atoms with van der Waals surface area (Å²) in [5.41, 5.74) is 0.800. The second kappa shape index (κ2) is 7.18. The maximum absolute atomic E-state index is 13.9. The molecule has 24 heavy (non-hydrogen) atoms. The number of rotatable bonds is 2. The third-order valence-corrected chi connectivity index (χ3v) is 4.80. The first-order valence-electron chi connectivity index (χ1n) is 7.40. The molecular formula is C17H14Cl3FN2O. The van der Waals surface area contributed by atoms with Crippen LogP contribution in [0.3, 0.4) is 0 Å². The summed E-state index contributed by atoms with van der Waals surface area (Å²) in [6, 6.07) is 9.61. The lowest BCUT2D eigenvalue weighted by atomic mass is 10.1. The van der Waals surface area contributed by atoms with E-state index in [2.05, 4.69) is 0 Å². The van der Waals surface area contributed by atoms with Crippen LogP contribution in [-0.2, 0) is 0 Å². The number of halogens is 4. The van der Waals surface area contributed by atoms with Crippen LogP contribution in [-0.4, -0.2) is 37.0 Å². The first-order valence-corrected chi connectivity index (χ1v) is 8.54. The lowest BCUT2D eigenvalue weighted by molar-refractivity contribution is 0.0747. The van der Waals surface area contributed by atoms with E-state index in [1.165, 1.54) is 18.2 Å². The summed E-state index contributed by atoms with van der Waals surface area (Å²) < 4.78 is 13.9. The van der Waals surface area contributed by atoms with Gasteiger partial charge in [0.05, 0.1) is 21.3 Å². The molecule has 0 bridgehead atoms. The third kappa shape index (κ3) is 3.46. The molecule has 126 valence electrons. The number of benzene rings is 2. The van der Waals surface area contributed by atoms with Crippen LogP contribution in [0, 0.1) is 5.82 Å². The van der Waals surface area contributed by atoms with Gasteiger partial charge in [0.15, 0.2) is 0 Å². The molecule has 0 aliphatic carbocycles. The summed E-state index contributed by atoms with van der Waals surface area (Å²) >= 11 is 18.1. The van der Waals surface area contributed by atoms with Gasteiger partial charge in [-0.3, -0.25) is 4.79 Å². The third-order valence-electron chi connectivity index (χ3n) is 3.98. The van der Waals surface area contributed by atoms with E-state index in [0.29, 0.717) is 36.9 Å². The van der Waals surface area contributed by atoms with Gasteiger partial charge in [0.2, 0.25) is 0 Å². The van der Waals surface area contributed by atoms with Crippen molar-refractivity contribution < 1.29 is 9.18 Å². The lowest BCUT2D eigenvalue weighted by Gasteiger charge is -2.36. The second-order valence-corrected chi connectivity index (χ2v) is 6.73. The predicted octanol–water partition coefficient (Wildman–Crippen LogP) is 4.75. The maximum Gasteiger partial charge on any atom is 0.257 e. The van der Waals surface area contributed by atoms with Crippen molar-refractivity contribution in [3.63, 3.8) is 0 Å². The molecule has 2 aromatic rings. The number of piperazine rings is 1. The molecule has 1 fully saturated rings. The van der Waals surface area contributed by atoms with Gasteiger partial charge in [0.1, 0.15) is 5.82 Å². The molecule has 1 aliphatic heterocycles. The number of carbonyl (C=O) groups excluding carboxylic acids is 1. The Morgan fingerprint density at radius 1 is 0.958 bits per heavy atom. The highest BCUT2D eigenvalue weighted by Gasteiger charge is 2.26. The van der Waals surface area contributed by atoms with Crippen molar-refractivity contribution in [1.82, 2.24) is 4.90 Å². The molecule has 1 heterocycles. The van der Waals surface area contributed by atoms with Crippen molar-refractivity contribution >= 4 is 46.4 Å². The average molecular weight is 388 g/mol. The van der Waals surface area contributed by atoms with Crippen molar-refractivity contribution in [3.8, 4) is 0 Å². The monoisotopic (exact) mass is 386 g/mol. The van der Waals surface area contributed by atoms with Crippen LogP contribution in [0.1, 0.15) is 10.4 Å². The number of para-hydroxylation sites is 1. The van der Waals surface area contributed by atoms with Gasteiger partial charge in [-0.05, 0) is 24.3 Å². The zero-order valence-electron chi connectivity index (χ0n) is 12.6. The molecular weight excluding hydrogens is 374 g/mol. The smallest absolute Gasteiger partial charge is 0.257 e. The van der Waals surface area contributed by atoms with Crippen molar-refractivity contribution in [1.29, 1.82) is 0 Å². The second-order valence-electron chi connectivity index (χ2n) is 5.48. The molecule has 0 radical (unpaired) electrons. The maximum atomic E-state index is 13.9. The molecule has 3 rings (SSSR count). The standard InChI is InChI=1S/C17H14Cl3FN2O/c18-11-9-12(19)16(13(20)10-11)17(24)23-7-5-22(6-8-23)15-4-2-1-3-14(15)21/h1-4,9-10H,5-8H2. The average Bonchev–Trinajstić information content (AvgIpc) is 2.54. The van der Waals surface area contributed by atoms with Crippen molar-refractivity contribution in [2.24, 2.45) is 0 Å². The van der Waals surface area contributed by atoms with E-state index in [0.717, 1.165) is 0 Å². The number of amides is 1. The molecule has 7 heteroatoms. The minimum atomic E-state index is -0.263. The summed E-state index contributed by atoms with van der Waals surface area (Å²) in [4.78, 5) is 16.3. The van der Waals surface area contributed by atoms with Gasteiger partial charge in [-0.2, -0.15) is 0 Å². The topological polar surface area (TPSA) is 23.6 Å². The predicted molar refractivity (Wildman–Crippen MR) is 96.0 cm³/mol. The molecule has 0 atom stereocenters. The number of hydrogen-bond donors (Lipinski definition) is 0. The van der Waals surface area contributed by atoms with Gasteiger partial charge in [-0.1, -0.05) is 46.9 Å². The molecule has 2 aromatic carbocycles. The summed E-state index contributed by atoms with van der Waals surface area (Å²) in [5.74, 6) is -0.504. The Balaban J connectivity index is 1.73. The fraction of sp³-hybridized carbons (Fsp3) is 0.235. The zero-order valence-corrected chi connectivity index (χ0v) is 14.9. The minimum absolute atomic E-state index is 0.231. The Bertz CT molecular complexity index is 753. The number of hydrogen-bond acceptors (Lipinski definition) is 2. The quantitative estimate of drug-likeness (QED) is 0.742. The summed E-state index contributed by atoms with van der Waals surface area (Å²) in [6.45, 7) is 2.00. The Morgan fingerprint density at radius 2 is 1.54 bits per heavy atom. The van der Waals surface area contributed by atoms with Crippen molar-refractivity contribution in [3.05, 3.63) is 62.8 Å². The summed E-state index contributed by atoms with van der Waals surface area (Å²) in [7, 11) is 0. The van der Waals surface area contributed by atoms with E-state index >= 15 is 0 Å². The first kappa shape index (κ1) is 17.3. The van der Waals surface area contributed by atoms with Crippen LogP contribution in [0.2, 0.25) is 15.1 Å². The van der Waals surface area contributed by atoms with Gasteiger partial charge in [-0.25, -0.2) is 4.39 Å². The largest absolute Gasteiger partial charge is 0.366 e. The highest BCUT2D eigenvalue weighted by atomic mass is 35.5. The minimum Gasteiger partial charge on any atom is -0.366 e. The van der Waals surface area contributed by atoms with Crippen molar-refractivity contribution in [2.45, 2.75) is 0 Å². The van der Waals surface area contributed by atoms with Crippen molar-refractivity contribution in [2.75, 3.05) is 31.1 Å². The van der Waals surface area contributed by atoms with Crippen LogP contribution < -0.4 is 4.90 Å². The van der Waals surface area contributed by atoms with E-state index in [-0.39, 0.29) is 27.3 Å². The molecule has 1 aliphatic rings. The van der Waals surface area contributed by atoms with E-state index in [1.54, 1.807) is 23.1 Å². The number of carbonyl (C=O) groups is 1. The van der Waals surface area contributed by atoms with E-state index < -0.39 is 0 Å². The molecule has 3 nitrogen and oxygen atoms in total. The summed E-state index contributed by atoms with van der Waals surface area (Å²) in [6.07, 6.45) is 0. The highest BCUT2D eigenvalue weighted by Crippen LogP contribution is 2.30.